The Morgan fingerprint density at radius 1 is 1.12 bits per heavy atom. The Balaban J connectivity index is 1.82. The van der Waals surface area contributed by atoms with Gasteiger partial charge in [-0.25, -0.2) is 0 Å². The highest BCUT2D eigenvalue weighted by Gasteiger charge is 2.11. The fourth-order valence-corrected chi connectivity index (χ4v) is 2.65. The summed E-state index contributed by atoms with van der Waals surface area (Å²) in [5, 5.41) is 3.00. The molecule has 0 heterocycles. The van der Waals surface area contributed by atoms with E-state index in [0.717, 1.165) is 22.6 Å². The molecule has 0 aromatic heterocycles. The van der Waals surface area contributed by atoms with E-state index in [0.29, 0.717) is 19.6 Å². The molecule has 1 N–H and O–H groups in total. The molecule has 1 amide bonds. The second-order valence-corrected chi connectivity index (χ2v) is 6.16. The molecule has 134 valence electrons. The Morgan fingerprint density at radius 2 is 1.92 bits per heavy atom. The zero-order valence-electron chi connectivity index (χ0n) is 15.5. The van der Waals surface area contributed by atoms with Crippen LogP contribution in [0.5, 0.6) is 11.5 Å². The predicted molar refractivity (Wildman–Crippen MR) is 100 cm³/mol. The molecule has 1 unspecified atom stereocenters. The van der Waals surface area contributed by atoms with E-state index in [1.165, 1.54) is 5.56 Å². The first-order valence-electron chi connectivity index (χ1n) is 8.71. The molecular formula is C21H27NO3. The van der Waals surface area contributed by atoms with Crippen molar-refractivity contribution in [3.8, 4) is 11.5 Å². The maximum atomic E-state index is 12.1. The SMILES string of the molecule is CCOc1cccc(C(C)NC(=O)CCOc2ccc(C)cc2C)c1. The smallest absolute Gasteiger partial charge is 0.223 e. The molecule has 4 nitrogen and oxygen atoms in total. The summed E-state index contributed by atoms with van der Waals surface area (Å²) in [5.41, 5.74) is 3.31. The second-order valence-electron chi connectivity index (χ2n) is 6.16. The third-order valence-corrected chi connectivity index (χ3v) is 3.96. The number of amides is 1. The van der Waals surface area contributed by atoms with E-state index in [1.807, 2.05) is 64.1 Å². The minimum Gasteiger partial charge on any atom is -0.494 e. The number of aryl methyl sites for hydroxylation is 2. The Kier molecular flexibility index (Phi) is 6.87. The van der Waals surface area contributed by atoms with Gasteiger partial charge < -0.3 is 14.8 Å². The summed E-state index contributed by atoms with van der Waals surface area (Å²) in [6.07, 6.45) is 0.322. The Labute approximate surface area is 150 Å². The van der Waals surface area contributed by atoms with E-state index in [-0.39, 0.29) is 11.9 Å². The molecule has 0 saturated heterocycles. The summed E-state index contributed by atoms with van der Waals surface area (Å²) in [7, 11) is 0. The van der Waals surface area contributed by atoms with E-state index in [4.69, 9.17) is 9.47 Å². The molecule has 2 aromatic rings. The highest BCUT2D eigenvalue weighted by molar-refractivity contribution is 5.76. The molecule has 0 aliphatic heterocycles. The Bertz CT molecular complexity index is 712. The van der Waals surface area contributed by atoms with Crippen molar-refractivity contribution >= 4 is 5.91 Å². The average Bonchev–Trinajstić information content (AvgIpc) is 2.57. The van der Waals surface area contributed by atoms with E-state index in [9.17, 15) is 4.79 Å². The zero-order valence-corrected chi connectivity index (χ0v) is 15.5. The minimum absolute atomic E-state index is 0.0286. The van der Waals surface area contributed by atoms with Crippen molar-refractivity contribution in [2.45, 2.75) is 40.2 Å². The van der Waals surface area contributed by atoms with Gasteiger partial charge >= 0.3 is 0 Å². The number of benzene rings is 2. The number of carbonyl (C=O) groups is 1. The van der Waals surface area contributed by atoms with Crippen molar-refractivity contribution in [1.29, 1.82) is 0 Å². The summed E-state index contributed by atoms with van der Waals surface area (Å²) in [4.78, 5) is 12.1. The highest BCUT2D eigenvalue weighted by atomic mass is 16.5. The number of ether oxygens (including phenoxy) is 2. The Morgan fingerprint density at radius 3 is 2.64 bits per heavy atom. The fourth-order valence-electron chi connectivity index (χ4n) is 2.65. The van der Waals surface area contributed by atoms with Crippen molar-refractivity contribution in [3.63, 3.8) is 0 Å². The van der Waals surface area contributed by atoms with Crippen molar-refractivity contribution < 1.29 is 14.3 Å². The van der Waals surface area contributed by atoms with Gasteiger partial charge in [0.25, 0.3) is 0 Å². The molecule has 25 heavy (non-hydrogen) atoms. The number of nitrogens with one attached hydrogen (secondary N) is 1. The predicted octanol–water partition coefficient (Wildman–Crippen LogP) is 4.35. The third-order valence-electron chi connectivity index (χ3n) is 3.96. The zero-order chi connectivity index (χ0) is 18.2. The van der Waals surface area contributed by atoms with Crippen LogP contribution >= 0.6 is 0 Å². The van der Waals surface area contributed by atoms with Crippen LogP contribution in [0.3, 0.4) is 0 Å². The lowest BCUT2D eigenvalue weighted by Gasteiger charge is -2.16. The summed E-state index contributed by atoms with van der Waals surface area (Å²) in [5.74, 6) is 1.62. The van der Waals surface area contributed by atoms with Crippen LogP contribution < -0.4 is 14.8 Å². The molecule has 1 atom stereocenters. The van der Waals surface area contributed by atoms with Gasteiger partial charge in [0, 0.05) is 0 Å². The molecule has 2 aromatic carbocycles. The van der Waals surface area contributed by atoms with Gasteiger partial charge in [-0.2, -0.15) is 0 Å². The summed E-state index contributed by atoms with van der Waals surface area (Å²) >= 11 is 0. The molecule has 0 spiro atoms. The van der Waals surface area contributed by atoms with Gasteiger partial charge in [0.2, 0.25) is 5.91 Å². The monoisotopic (exact) mass is 341 g/mol. The molecule has 0 radical (unpaired) electrons. The van der Waals surface area contributed by atoms with Gasteiger partial charge in [-0.1, -0.05) is 29.8 Å². The standard InChI is InChI=1S/C21H27NO3/c1-5-24-19-8-6-7-18(14-19)17(4)22-21(23)11-12-25-20-10-9-15(2)13-16(20)3/h6-10,13-14,17H,5,11-12H2,1-4H3,(H,22,23). The van der Waals surface area contributed by atoms with E-state index in [1.54, 1.807) is 0 Å². The van der Waals surface area contributed by atoms with Crippen LogP contribution in [-0.4, -0.2) is 19.1 Å². The van der Waals surface area contributed by atoms with Gasteiger partial charge in [0.05, 0.1) is 25.7 Å². The van der Waals surface area contributed by atoms with Gasteiger partial charge in [-0.3, -0.25) is 4.79 Å². The minimum atomic E-state index is -0.0750. The first-order valence-corrected chi connectivity index (χ1v) is 8.71. The lowest BCUT2D eigenvalue weighted by molar-refractivity contribution is -0.122. The second kappa shape index (κ2) is 9.11. The maximum absolute atomic E-state index is 12.1. The maximum Gasteiger partial charge on any atom is 0.223 e. The van der Waals surface area contributed by atoms with Crippen LogP contribution in [0.2, 0.25) is 0 Å². The largest absolute Gasteiger partial charge is 0.494 e. The lowest BCUT2D eigenvalue weighted by Crippen LogP contribution is -2.27. The third kappa shape index (κ3) is 5.82. The van der Waals surface area contributed by atoms with Crippen molar-refractivity contribution in [1.82, 2.24) is 5.32 Å². The first-order chi connectivity index (χ1) is 12.0. The van der Waals surface area contributed by atoms with E-state index in [2.05, 4.69) is 11.4 Å². The van der Waals surface area contributed by atoms with Gasteiger partial charge in [0.1, 0.15) is 11.5 Å². The van der Waals surface area contributed by atoms with E-state index < -0.39 is 0 Å². The molecular weight excluding hydrogens is 314 g/mol. The average molecular weight is 341 g/mol. The van der Waals surface area contributed by atoms with Crippen LogP contribution in [-0.2, 0) is 4.79 Å². The van der Waals surface area contributed by atoms with Gasteiger partial charge in [-0.15, -0.1) is 0 Å². The van der Waals surface area contributed by atoms with Crippen LogP contribution in [0, 0.1) is 13.8 Å². The number of rotatable bonds is 8. The highest BCUT2D eigenvalue weighted by Crippen LogP contribution is 2.20. The topological polar surface area (TPSA) is 47.6 Å². The molecule has 0 bridgehead atoms. The van der Waals surface area contributed by atoms with Crippen molar-refractivity contribution in [2.24, 2.45) is 0 Å². The van der Waals surface area contributed by atoms with Crippen LogP contribution in [0.4, 0.5) is 0 Å². The van der Waals surface area contributed by atoms with Crippen LogP contribution in [0.25, 0.3) is 0 Å². The number of carbonyl (C=O) groups excluding carboxylic acids is 1. The van der Waals surface area contributed by atoms with Crippen LogP contribution in [0.1, 0.15) is 43.0 Å². The van der Waals surface area contributed by atoms with Crippen molar-refractivity contribution in [2.75, 3.05) is 13.2 Å². The Hall–Kier alpha value is -2.49. The molecule has 0 aliphatic rings. The van der Waals surface area contributed by atoms with Gasteiger partial charge in [-0.05, 0) is 57.0 Å². The number of hydrogen-bond donors (Lipinski definition) is 1. The molecule has 2 rings (SSSR count). The molecule has 4 heteroatoms. The molecule has 0 fully saturated rings. The number of hydrogen-bond acceptors (Lipinski definition) is 3. The van der Waals surface area contributed by atoms with Gasteiger partial charge in [0.15, 0.2) is 0 Å². The first kappa shape index (κ1) is 18.8. The summed E-state index contributed by atoms with van der Waals surface area (Å²) < 4.78 is 11.2. The fraction of sp³-hybridized carbons (Fsp3) is 0.381. The summed E-state index contributed by atoms with van der Waals surface area (Å²) in [6, 6.07) is 13.8. The normalized spacial score (nSPS) is 11.7. The molecule has 0 aliphatic carbocycles. The molecule has 0 saturated carbocycles. The van der Waals surface area contributed by atoms with Crippen LogP contribution in [0.15, 0.2) is 42.5 Å². The lowest BCUT2D eigenvalue weighted by atomic mass is 10.1. The van der Waals surface area contributed by atoms with E-state index >= 15 is 0 Å². The quantitative estimate of drug-likeness (QED) is 0.776. The van der Waals surface area contributed by atoms with Crippen molar-refractivity contribution in [3.05, 3.63) is 59.2 Å². The summed E-state index contributed by atoms with van der Waals surface area (Å²) in [6.45, 7) is 8.96.